The molecule has 0 fully saturated rings. The second-order valence-corrected chi connectivity index (χ2v) is 6.23. The number of aromatic carboxylic acids is 1. The van der Waals surface area contributed by atoms with Gasteiger partial charge in [0.2, 0.25) is 5.43 Å². The summed E-state index contributed by atoms with van der Waals surface area (Å²) in [7, 11) is 3.21. The fourth-order valence-electron chi connectivity index (χ4n) is 3.11. The van der Waals surface area contributed by atoms with Crippen LogP contribution in [0.1, 0.15) is 22.8 Å². The number of ether oxygens (including phenoxy) is 2. The van der Waals surface area contributed by atoms with Gasteiger partial charge in [0.15, 0.2) is 0 Å². The van der Waals surface area contributed by atoms with Crippen molar-refractivity contribution in [3.05, 3.63) is 63.9 Å². The molecule has 7 heteroatoms. The van der Waals surface area contributed by atoms with E-state index in [-0.39, 0.29) is 5.56 Å². The van der Waals surface area contributed by atoms with Crippen molar-refractivity contribution in [2.75, 3.05) is 19.5 Å². The number of pyridine rings is 1. The van der Waals surface area contributed by atoms with Crippen molar-refractivity contribution in [1.29, 1.82) is 0 Å². The SMILES string of the molecule is CCn1cc(C(=O)O)c(=O)c2ccc(NCc3ccc(OC)cc3OC)cc21. The summed E-state index contributed by atoms with van der Waals surface area (Å²) in [5.41, 5.74) is 1.75. The lowest BCUT2D eigenvalue weighted by Gasteiger charge is -2.14. The van der Waals surface area contributed by atoms with Gasteiger partial charge in [-0.25, -0.2) is 4.79 Å². The quantitative estimate of drug-likeness (QED) is 0.651. The number of fused-ring (bicyclic) bond motifs is 1. The van der Waals surface area contributed by atoms with E-state index < -0.39 is 11.4 Å². The van der Waals surface area contributed by atoms with E-state index in [1.54, 1.807) is 30.9 Å². The molecule has 0 amide bonds. The Morgan fingerprint density at radius 1 is 1.14 bits per heavy atom. The number of carboxylic acid groups (broad SMARTS) is 1. The summed E-state index contributed by atoms with van der Waals surface area (Å²) in [5, 5.41) is 13.0. The average Bonchev–Trinajstić information content (AvgIpc) is 2.72. The van der Waals surface area contributed by atoms with Gasteiger partial charge in [-0.15, -0.1) is 0 Å². The molecule has 2 N–H and O–H groups in total. The number of nitrogens with one attached hydrogen (secondary N) is 1. The van der Waals surface area contributed by atoms with Crippen LogP contribution in [0.3, 0.4) is 0 Å². The van der Waals surface area contributed by atoms with E-state index in [1.807, 2.05) is 31.2 Å². The zero-order chi connectivity index (χ0) is 20.3. The smallest absolute Gasteiger partial charge is 0.341 e. The number of aromatic nitrogens is 1. The van der Waals surface area contributed by atoms with Gasteiger partial charge in [0.1, 0.15) is 17.1 Å². The molecule has 28 heavy (non-hydrogen) atoms. The summed E-state index contributed by atoms with van der Waals surface area (Å²) < 4.78 is 12.4. The van der Waals surface area contributed by atoms with Gasteiger partial charge in [-0.2, -0.15) is 0 Å². The van der Waals surface area contributed by atoms with Crippen molar-refractivity contribution >= 4 is 22.6 Å². The molecule has 0 aliphatic rings. The van der Waals surface area contributed by atoms with Crippen LogP contribution in [0.5, 0.6) is 11.5 Å². The molecule has 0 atom stereocenters. The monoisotopic (exact) mass is 382 g/mol. The van der Waals surface area contributed by atoms with E-state index in [2.05, 4.69) is 5.32 Å². The van der Waals surface area contributed by atoms with Crippen LogP contribution in [0.4, 0.5) is 5.69 Å². The highest BCUT2D eigenvalue weighted by atomic mass is 16.5. The Morgan fingerprint density at radius 3 is 2.57 bits per heavy atom. The highest BCUT2D eigenvalue weighted by Gasteiger charge is 2.14. The van der Waals surface area contributed by atoms with E-state index in [1.165, 1.54) is 6.20 Å². The summed E-state index contributed by atoms with van der Waals surface area (Å²) in [6.45, 7) is 2.97. The second-order valence-electron chi connectivity index (χ2n) is 6.23. The van der Waals surface area contributed by atoms with Crippen molar-refractivity contribution in [3.8, 4) is 11.5 Å². The molecule has 0 aliphatic carbocycles. The number of methoxy groups -OCH3 is 2. The second kappa shape index (κ2) is 8.04. The van der Waals surface area contributed by atoms with Gasteiger partial charge in [-0.3, -0.25) is 4.79 Å². The third-order valence-electron chi connectivity index (χ3n) is 4.63. The fraction of sp³-hybridized carbons (Fsp3) is 0.238. The molecular formula is C21H22N2O5. The third-order valence-corrected chi connectivity index (χ3v) is 4.63. The first-order valence-electron chi connectivity index (χ1n) is 8.83. The minimum Gasteiger partial charge on any atom is -0.497 e. The molecular weight excluding hydrogens is 360 g/mol. The molecule has 0 aliphatic heterocycles. The maximum Gasteiger partial charge on any atom is 0.341 e. The van der Waals surface area contributed by atoms with E-state index in [9.17, 15) is 14.7 Å². The Labute approximate surface area is 162 Å². The van der Waals surface area contributed by atoms with Crippen molar-refractivity contribution in [2.45, 2.75) is 20.0 Å². The Kier molecular flexibility index (Phi) is 5.54. The molecule has 0 bridgehead atoms. The predicted molar refractivity (Wildman–Crippen MR) is 108 cm³/mol. The van der Waals surface area contributed by atoms with Gasteiger partial charge in [0, 0.05) is 42.0 Å². The number of carboxylic acids is 1. The molecule has 0 radical (unpaired) electrons. The molecule has 146 valence electrons. The van der Waals surface area contributed by atoms with E-state index in [0.29, 0.717) is 35.5 Å². The topological polar surface area (TPSA) is 89.8 Å². The molecule has 0 spiro atoms. The van der Waals surface area contributed by atoms with Crippen molar-refractivity contribution < 1.29 is 19.4 Å². The third kappa shape index (κ3) is 3.64. The van der Waals surface area contributed by atoms with Crippen LogP contribution < -0.4 is 20.2 Å². The zero-order valence-electron chi connectivity index (χ0n) is 16.0. The van der Waals surface area contributed by atoms with Gasteiger partial charge < -0.3 is 24.5 Å². The number of hydrogen-bond donors (Lipinski definition) is 2. The van der Waals surface area contributed by atoms with Crippen LogP contribution in [0.2, 0.25) is 0 Å². The van der Waals surface area contributed by atoms with Crippen LogP contribution >= 0.6 is 0 Å². The summed E-state index contributed by atoms with van der Waals surface area (Å²) in [4.78, 5) is 23.7. The number of rotatable bonds is 7. The van der Waals surface area contributed by atoms with E-state index in [4.69, 9.17) is 9.47 Å². The maximum absolute atomic E-state index is 12.4. The number of hydrogen-bond acceptors (Lipinski definition) is 5. The first-order chi connectivity index (χ1) is 13.5. The Balaban J connectivity index is 1.94. The number of anilines is 1. The molecule has 0 saturated carbocycles. The number of carbonyl (C=O) groups is 1. The van der Waals surface area contributed by atoms with Gasteiger partial charge >= 0.3 is 5.97 Å². The van der Waals surface area contributed by atoms with Crippen LogP contribution in [0.25, 0.3) is 10.9 Å². The van der Waals surface area contributed by atoms with Crippen LogP contribution in [-0.2, 0) is 13.1 Å². The lowest BCUT2D eigenvalue weighted by atomic mass is 10.1. The van der Waals surface area contributed by atoms with Crippen LogP contribution in [0, 0.1) is 0 Å². The summed E-state index contributed by atoms with van der Waals surface area (Å²) in [6, 6.07) is 10.9. The maximum atomic E-state index is 12.4. The van der Waals surface area contributed by atoms with Crippen molar-refractivity contribution in [2.24, 2.45) is 0 Å². The summed E-state index contributed by atoms with van der Waals surface area (Å²) in [6.07, 6.45) is 1.39. The van der Waals surface area contributed by atoms with Crippen molar-refractivity contribution in [1.82, 2.24) is 4.57 Å². The van der Waals surface area contributed by atoms with Gasteiger partial charge in [-0.1, -0.05) is 0 Å². The standard InChI is InChI=1S/C21H22N2O5/c1-4-23-12-17(21(25)26)20(24)16-8-6-14(9-18(16)23)22-11-13-5-7-15(27-2)10-19(13)28-3/h5-10,12,22H,4,11H2,1-3H3,(H,25,26). The van der Waals surface area contributed by atoms with Crippen LogP contribution in [0.15, 0.2) is 47.4 Å². The first-order valence-corrected chi connectivity index (χ1v) is 8.83. The Bertz CT molecular complexity index is 1090. The fourth-order valence-corrected chi connectivity index (χ4v) is 3.11. The molecule has 3 aromatic rings. The summed E-state index contributed by atoms with van der Waals surface area (Å²) in [5.74, 6) is 0.208. The number of nitrogens with zero attached hydrogens (tertiary/aromatic N) is 1. The summed E-state index contributed by atoms with van der Waals surface area (Å²) >= 11 is 0. The largest absolute Gasteiger partial charge is 0.497 e. The molecule has 0 saturated heterocycles. The Hall–Kier alpha value is -3.48. The van der Waals surface area contributed by atoms with E-state index >= 15 is 0 Å². The highest BCUT2D eigenvalue weighted by Crippen LogP contribution is 2.26. The predicted octanol–water partition coefficient (Wildman–Crippen LogP) is 3.35. The number of aryl methyl sites for hydroxylation is 1. The Morgan fingerprint density at radius 2 is 1.93 bits per heavy atom. The highest BCUT2D eigenvalue weighted by molar-refractivity contribution is 5.93. The van der Waals surface area contributed by atoms with Crippen molar-refractivity contribution in [3.63, 3.8) is 0 Å². The first kappa shape index (κ1) is 19.3. The van der Waals surface area contributed by atoms with Crippen LogP contribution in [-0.4, -0.2) is 29.9 Å². The molecule has 3 rings (SSSR count). The molecule has 0 unspecified atom stereocenters. The lowest BCUT2D eigenvalue weighted by molar-refractivity contribution is 0.0695. The van der Waals surface area contributed by atoms with Gasteiger partial charge in [-0.05, 0) is 37.3 Å². The molecule has 1 heterocycles. The number of benzene rings is 2. The average molecular weight is 382 g/mol. The molecule has 2 aromatic carbocycles. The zero-order valence-corrected chi connectivity index (χ0v) is 16.0. The minimum absolute atomic E-state index is 0.224. The lowest BCUT2D eigenvalue weighted by Crippen LogP contribution is -2.18. The molecule has 1 aromatic heterocycles. The van der Waals surface area contributed by atoms with Gasteiger partial charge in [0.25, 0.3) is 0 Å². The molecule has 7 nitrogen and oxygen atoms in total. The minimum atomic E-state index is -1.22. The van der Waals surface area contributed by atoms with Gasteiger partial charge in [0.05, 0.1) is 19.7 Å². The van der Waals surface area contributed by atoms with E-state index in [0.717, 1.165) is 11.3 Å². The normalized spacial score (nSPS) is 10.7.